The van der Waals surface area contributed by atoms with E-state index in [1.165, 1.54) is 0 Å². The van der Waals surface area contributed by atoms with E-state index in [-0.39, 0.29) is 17.9 Å². The van der Waals surface area contributed by atoms with E-state index >= 15 is 0 Å². The Morgan fingerprint density at radius 2 is 1.76 bits per heavy atom. The van der Waals surface area contributed by atoms with Gasteiger partial charge in [0.2, 0.25) is 5.91 Å². The van der Waals surface area contributed by atoms with E-state index in [2.05, 4.69) is 5.32 Å². The third-order valence-corrected chi connectivity index (χ3v) is 6.02. The highest BCUT2D eigenvalue weighted by molar-refractivity contribution is 5.85. The molecule has 0 fully saturated rings. The zero-order valence-corrected chi connectivity index (χ0v) is 19.4. The van der Waals surface area contributed by atoms with E-state index in [0.717, 1.165) is 39.3 Å². The minimum Gasteiger partial charge on any atom is -0.496 e. The fourth-order valence-corrected chi connectivity index (χ4v) is 4.29. The molecule has 2 heterocycles. The summed E-state index contributed by atoms with van der Waals surface area (Å²) in [5.41, 5.74) is 4.83. The summed E-state index contributed by atoms with van der Waals surface area (Å²) >= 11 is 0. The second kappa shape index (κ2) is 9.32. The molecule has 0 spiro atoms. The number of nitrogens with one attached hydrogen (secondary N) is 1. The van der Waals surface area contributed by atoms with Crippen molar-refractivity contribution < 1.29 is 9.53 Å². The summed E-state index contributed by atoms with van der Waals surface area (Å²) in [6, 6.07) is 17.3. The summed E-state index contributed by atoms with van der Waals surface area (Å²) in [5.74, 6) is 0.623. The molecule has 0 radical (unpaired) electrons. The zero-order valence-electron chi connectivity index (χ0n) is 19.4. The minimum absolute atomic E-state index is 0.102. The fraction of sp³-hybridized carbons (Fsp3) is 0.269. The van der Waals surface area contributed by atoms with Gasteiger partial charge in [0.05, 0.1) is 18.5 Å². The standard InChI is InChI=1S/C26H28N4O3/c1-17-21(14-15-23(31)27-16-19-10-8-9-13-22(19)33-4)26(32)29(3)25-24(17)18(2)28-30(25)20-11-6-5-7-12-20/h5-13H,14-16H2,1-4H3,(H,27,31). The lowest BCUT2D eigenvalue weighted by atomic mass is 10.0. The first-order chi connectivity index (χ1) is 15.9. The lowest BCUT2D eigenvalue weighted by molar-refractivity contribution is -0.121. The van der Waals surface area contributed by atoms with Crippen LogP contribution in [0.4, 0.5) is 0 Å². The normalized spacial score (nSPS) is 11.0. The van der Waals surface area contributed by atoms with Crippen LogP contribution in [0, 0.1) is 13.8 Å². The second-order valence-corrected chi connectivity index (χ2v) is 8.09. The number of para-hydroxylation sites is 2. The average Bonchev–Trinajstić information content (AvgIpc) is 3.19. The molecular formula is C26H28N4O3. The van der Waals surface area contributed by atoms with Crippen molar-refractivity contribution in [2.24, 2.45) is 7.05 Å². The summed E-state index contributed by atoms with van der Waals surface area (Å²) in [6.07, 6.45) is 0.588. The van der Waals surface area contributed by atoms with Crippen LogP contribution in [0.25, 0.3) is 16.7 Å². The molecule has 0 bridgehead atoms. The van der Waals surface area contributed by atoms with Crippen molar-refractivity contribution in [1.82, 2.24) is 19.7 Å². The highest BCUT2D eigenvalue weighted by Crippen LogP contribution is 2.25. The Labute approximate surface area is 192 Å². The summed E-state index contributed by atoms with van der Waals surface area (Å²) in [6.45, 7) is 4.26. The molecule has 0 aliphatic rings. The van der Waals surface area contributed by atoms with Crippen molar-refractivity contribution in [1.29, 1.82) is 0 Å². The molecule has 1 N–H and O–H groups in total. The van der Waals surface area contributed by atoms with Crippen LogP contribution < -0.4 is 15.6 Å². The van der Waals surface area contributed by atoms with Gasteiger partial charge in [-0.3, -0.25) is 14.2 Å². The zero-order chi connectivity index (χ0) is 23.5. The lowest BCUT2D eigenvalue weighted by Crippen LogP contribution is -2.27. The van der Waals surface area contributed by atoms with Gasteiger partial charge in [-0.25, -0.2) is 4.68 Å². The molecule has 7 heteroatoms. The van der Waals surface area contributed by atoms with Crippen molar-refractivity contribution in [3.05, 3.63) is 87.3 Å². The van der Waals surface area contributed by atoms with Gasteiger partial charge in [0.25, 0.3) is 5.56 Å². The maximum Gasteiger partial charge on any atom is 0.255 e. The fourth-order valence-electron chi connectivity index (χ4n) is 4.29. The van der Waals surface area contributed by atoms with Crippen LogP contribution in [-0.2, 0) is 24.8 Å². The number of nitrogens with zero attached hydrogens (tertiary/aromatic N) is 3. The molecule has 170 valence electrons. The van der Waals surface area contributed by atoms with E-state index in [4.69, 9.17) is 9.84 Å². The van der Waals surface area contributed by atoms with E-state index in [9.17, 15) is 9.59 Å². The van der Waals surface area contributed by atoms with Gasteiger partial charge in [-0.15, -0.1) is 0 Å². The number of aromatic nitrogens is 3. The van der Waals surface area contributed by atoms with Gasteiger partial charge in [0.1, 0.15) is 11.4 Å². The largest absolute Gasteiger partial charge is 0.496 e. The quantitative estimate of drug-likeness (QED) is 0.473. The molecule has 4 rings (SSSR count). The smallest absolute Gasteiger partial charge is 0.255 e. The molecule has 2 aromatic heterocycles. The molecule has 0 saturated heterocycles. The van der Waals surface area contributed by atoms with Crippen LogP contribution in [-0.4, -0.2) is 27.4 Å². The Kier molecular flexibility index (Phi) is 6.31. The molecule has 4 aromatic rings. The van der Waals surface area contributed by atoms with Crippen LogP contribution in [0.2, 0.25) is 0 Å². The Morgan fingerprint density at radius 3 is 2.48 bits per heavy atom. The first-order valence-electron chi connectivity index (χ1n) is 10.9. The highest BCUT2D eigenvalue weighted by Gasteiger charge is 2.20. The molecule has 0 unspecified atom stereocenters. The van der Waals surface area contributed by atoms with Crippen LogP contribution in [0.15, 0.2) is 59.4 Å². The molecule has 0 aliphatic carbocycles. The number of rotatable bonds is 7. The van der Waals surface area contributed by atoms with Gasteiger partial charge in [0.15, 0.2) is 0 Å². The van der Waals surface area contributed by atoms with Gasteiger partial charge in [-0.2, -0.15) is 5.10 Å². The number of carbonyl (C=O) groups excluding carboxylic acids is 1. The monoisotopic (exact) mass is 444 g/mol. The number of pyridine rings is 1. The summed E-state index contributed by atoms with van der Waals surface area (Å²) < 4.78 is 8.78. The van der Waals surface area contributed by atoms with Crippen LogP contribution in [0.3, 0.4) is 0 Å². The third-order valence-electron chi connectivity index (χ3n) is 6.02. The number of aryl methyl sites for hydroxylation is 3. The number of carbonyl (C=O) groups is 1. The number of hydrogen-bond acceptors (Lipinski definition) is 4. The highest BCUT2D eigenvalue weighted by atomic mass is 16.5. The first kappa shape index (κ1) is 22.3. The molecule has 2 aromatic carbocycles. The van der Waals surface area contributed by atoms with Crippen molar-refractivity contribution in [2.45, 2.75) is 33.2 Å². The third kappa shape index (κ3) is 4.26. The van der Waals surface area contributed by atoms with Crippen LogP contribution in [0.5, 0.6) is 5.75 Å². The maximum absolute atomic E-state index is 13.2. The lowest BCUT2D eigenvalue weighted by Gasteiger charge is -2.13. The molecule has 0 saturated carbocycles. The van der Waals surface area contributed by atoms with E-state index in [0.29, 0.717) is 18.5 Å². The Bertz CT molecular complexity index is 1370. The van der Waals surface area contributed by atoms with E-state index in [1.54, 1.807) is 18.7 Å². The summed E-state index contributed by atoms with van der Waals surface area (Å²) in [4.78, 5) is 25.8. The predicted octanol–water partition coefficient (Wildman–Crippen LogP) is 3.60. The number of fused-ring (bicyclic) bond motifs is 1. The van der Waals surface area contributed by atoms with E-state index < -0.39 is 0 Å². The molecular weight excluding hydrogens is 416 g/mol. The average molecular weight is 445 g/mol. The predicted molar refractivity (Wildman–Crippen MR) is 129 cm³/mol. The maximum atomic E-state index is 13.2. The van der Waals surface area contributed by atoms with Crippen LogP contribution >= 0.6 is 0 Å². The molecule has 7 nitrogen and oxygen atoms in total. The SMILES string of the molecule is COc1ccccc1CNC(=O)CCc1c(C)c2c(C)nn(-c3ccccc3)c2n(C)c1=O. The minimum atomic E-state index is -0.112. The summed E-state index contributed by atoms with van der Waals surface area (Å²) in [5, 5.41) is 8.58. The van der Waals surface area contributed by atoms with Crippen molar-refractivity contribution in [3.8, 4) is 11.4 Å². The van der Waals surface area contributed by atoms with Gasteiger partial charge in [-0.05, 0) is 44.0 Å². The number of benzene rings is 2. The summed E-state index contributed by atoms with van der Waals surface area (Å²) in [7, 11) is 3.37. The van der Waals surface area contributed by atoms with Gasteiger partial charge in [-0.1, -0.05) is 36.4 Å². The van der Waals surface area contributed by atoms with Crippen molar-refractivity contribution in [2.75, 3.05) is 7.11 Å². The molecule has 0 atom stereocenters. The second-order valence-electron chi connectivity index (χ2n) is 8.09. The molecule has 0 aliphatic heterocycles. The molecule has 1 amide bonds. The number of hydrogen-bond donors (Lipinski definition) is 1. The van der Waals surface area contributed by atoms with Gasteiger partial charge < -0.3 is 10.1 Å². The van der Waals surface area contributed by atoms with Crippen LogP contribution in [0.1, 0.15) is 28.8 Å². The molecule has 33 heavy (non-hydrogen) atoms. The number of methoxy groups -OCH3 is 1. The van der Waals surface area contributed by atoms with Gasteiger partial charge >= 0.3 is 0 Å². The Balaban J connectivity index is 1.58. The topological polar surface area (TPSA) is 78.2 Å². The Morgan fingerprint density at radius 1 is 1.06 bits per heavy atom. The van der Waals surface area contributed by atoms with Crippen molar-refractivity contribution >= 4 is 16.9 Å². The van der Waals surface area contributed by atoms with Gasteiger partial charge in [0, 0.05) is 36.5 Å². The Hall–Kier alpha value is -3.87. The van der Waals surface area contributed by atoms with E-state index in [1.807, 2.05) is 73.1 Å². The van der Waals surface area contributed by atoms with Crippen molar-refractivity contribution in [3.63, 3.8) is 0 Å². The first-order valence-corrected chi connectivity index (χ1v) is 10.9. The number of ether oxygens (including phenoxy) is 1. The number of amides is 1.